The van der Waals surface area contributed by atoms with Gasteiger partial charge in [0.15, 0.2) is 5.78 Å². The van der Waals surface area contributed by atoms with Crippen LogP contribution in [-0.4, -0.2) is 5.78 Å². The lowest BCUT2D eigenvalue weighted by Crippen LogP contribution is -2.14. The van der Waals surface area contributed by atoms with Gasteiger partial charge in [0.25, 0.3) is 0 Å². The van der Waals surface area contributed by atoms with Gasteiger partial charge in [-0.2, -0.15) is 0 Å². The maximum absolute atomic E-state index is 14.8. The Bertz CT molecular complexity index is 754. The highest BCUT2D eigenvalue weighted by Gasteiger charge is 2.24. The zero-order valence-electron chi connectivity index (χ0n) is 16.6. The van der Waals surface area contributed by atoms with Crippen molar-refractivity contribution in [3.8, 4) is 11.1 Å². The molecule has 144 valence electrons. The van der Waals surface area contributed by atoms with Crippen molar-refractivity contribution in [2.45, 2.75) is 71.1 Å². The summed E-state index contributed by atoms with van der Waals surface area (Å²) >= 11 is 0. The van der Waals surface area contributed by atoms with E-state index in [0.717, 1.165) is 35.4 Å². The molecule has 1 aliphatic carbocycles. The topological polar surface area (TPSA) is 17.1 Å². The standard InChI is InChI=1S/C25H31FO/c1-3-4-5-6-19-7-9-22(10-8-19)24-16-15-23(17-25(24)26)21-13-11-20(12-14-21)18(2)27/h11-17,19,22H,3-10H2,1-2H3/t19-,22-. The summed E-state index contributed by atoms with van der Waals surface area (Å²) in [5, 5.41) is 0. The van der Waals surface area contributed by atoms with Crippen molar-refractivity contribution < 1.29 is 9.18 Å². The molecule has 0 unspecified atom stereocenters. The van der Waals surface area contributed by atoms with Gasteiger partial charge in [0.1, 0.15) is 5.82 Å². The van der Waals surface area contributed by atoms with Crippen LogP contribution in [0.5, 0.6) is 0 Å². The van der Waals surface area contributed by atoms with Gasteiger partial charge in [-0.3, -0.25) is 4.79 Å². The van der Waals surface area contributed by atoms with Crippen LogP contribution in [0.3, 0.4) is 0 Å². The van der Waals surface area contributed by atoms with Gasteiger partial charge < -0.3 is 0 Å². The van der Waals surface area contributed by atoms with Crippen molar-refractivity contribution >= 4 is 5.78 Å². The average Bonchev–Trinajstić information content (AvgIpc) is 2.69. The largest absolute Gasteiger partial charge is 0.295 e. The Morgan fingerprint density at radius 1 is 0.963 bits per heavy atom. The summed E-state index contributed by atoms with van der Waals surface area (Å²) in [6.45, 7) is 3.81. The second kappa shape index (κ2) is 9.30. The maximum Gasteiger partial charge on any atom is 0.159 e. The van der Waals surface area contributed by atoms with Crippen molar-refractivity contribution in [3.63, 3.8) is 0 Å². The summed E-state index contributed by atoms with van der Waals surface area (Å²) in [7, 11) is 0. The molecule has 2 aromatic carbocycles. The zero-order chi connectivity index (χ0) is 19.2. The van der Waals surface area contributed by atoms with E-state index >= 15 is 0 Å². The monoisotopic (exact) mass is 366 g/mol. The van der Waals surface area contributed by atoms with Gasteiger partial charge in [-0.1, -0.05) is 69.0 Å². The SMILES string of the molecule is CCCCC[C@H]1CC[C@H](c2ccc(-c3ccc(C(C)=O)cc3)cc2F)CC1. The van der Waals surface area contributed by atoms with E-state index in [0.29, 0.717) is 11.5 Å². The van der Waals surface area contributed by atoms with Crippen LogP contribution in [0.25, 0.3) is 11.1 Å². The van der Waals surface area contributed by atoms with Gasteiger partial charge in [0, 0.05) is 5.56 Å². The quantitative estimate of drug-likeness (QED) is 0.365. The van der Waals surface area contributed by atoms with Crippen molar-refractivity contribution in [1.29, 1.82) is 0 Å². The molecule has 1 saturated carbocycles. The summed E-state index contributed by atoms with van der Waals surface area (Å²) in [6, 6.07) is 13.1. The summed E-state index contributed by atoms with van der Waals surface area (Å²) in [6.07, 6.45) is 10.0. The lowest BCUT2D eigenvalue weighted by atomic mass is 9.76. The molecule has 2 heteroatoms. The molecule has 0 aliphatic heterocycles. The fourth-order valence-corrected chi connectivity index (χ4v) is 4.38. The molecule has 1 fully saturated rings. The molecule has 1 nitrogen and oxygen atoms in total. The van der Waals surface area contributed by atoms with Gasteiger partial charge in [-0.15, -0.1) is 0 Å². The number of Topliss-reactive ketones (excluding diaryl/α,β-unsaturated/α-hetero) is 1. The molecule has 0 spiro atoms. The highest BCUT2D eigenvalue weighted by molar-refractivity contribution is 5.94. The highest BCUT2D eigenvalue weighted by atomic mass is 19.1. The normalized spacial score (nSPS) is 19.8. The number of hydrogen-bond acceptors (Lipinski definition) is 1. The second-order valence-corrected chi connectivity index (χ2v) is 8.08. The molecule has 0 amide bonds. The lowest BCUT2D eigenvalue weighted by molar-refractivity contribution is 0.101. The molecular weight excluding hydrogens is 335 g/mol. The van der Waals surface area contributed by atoms with Crippen LogP contribution in [0.1, 0.15) is 87.1 Å². The Morgan fingerprint density at radius 2 is 1.63 bits per heavy atom. The van der Waals surface area contributed by atoms with Gasteiger partial charge >= 0.3 is 0 Å². The van der Waals surface area contributed by atoms with Crippen LogP contribution in [0, 0.1) is 11.7 Å². The lowest BCUT2D eigenvalue weighted by Gasteiger charge is -2.29. The molecule has 3 rings (SSSR count). The van der Waals surface area contributed by atoms with Gasteiger partial charge in [0.2, 0.25) is 0 Å². The first-order valence-electron chi connectivity index (χ1n) is 10.5. The number of ketones is 1. The summed E-state index contributed by atoms with van der Waals surface area (Å²) in [5.41, 5.74) is 3.39. The van der Waals surface area contributed by atoms with Crippen molar-refractivity contribution in [2.24, 2.45) is 5.92 Å². The van der Waals surface area contributed by atoms with E-state index in [1.807, 2.05) is 36.4 Å². The summed E-state index contributed by atoms with van der Waals surface area (Å²) in [4.78, 5) is 11.4. The number of carbonyl (C=O) groups excluding carboxylic acids is 1. The van der Waals surface area contributed by atoms with E-state index in [-0.39, 0.29) is 11.6 Å². The molecule has 27 heavy (non-hydrogen) atoms. The van der Waals surface area contributed by atoms with Crippen molar-refractivity contribution in [2.75, 3.05) is 0 Å². The third kappa shape index (κ3) is 5.06. The minimum atomic E-state index is -0.0856. The van der Waals surface area contributed by atoms with E-state index in [9.17, 15) is 9.18 Å². The van der Waals surface area contributed by atoms with Crippen LogP contribution >= 0.6 is 0 Å². The Morgan fingerprint density at radius 3 is 2.22 bits per heavy atom. The molecule has 0 atom stereocenters. The molecule has 0 radical (unpaired) electrons. The van der Waals surface area contributed by atoms with Crippen LogP contribution in [0.4, 0.5) is 4.39 Å². The molecular formula is C25H31FO. The minimum absolute atomic E-state index is 0.0494. The number of unbranched alkanes of at least 4 members (excludes halogenated alkanes) is 2. The minimum Gasteiger partial charge on any atom is -0.295 e. The fourth-order valence-electron chi connectivity index (χ4n) is 4.38. The van der Waals surface area contributed by atoms with E-state index in [1.54, 1.807) is 13.0 Å². The Kier molecular flexibility index (Phi) is 6.82. The number of halogens is 1. The predicted octanol–water partition coefficient (Wildman–Crippen LogP) is 7.55. The molecule has 0 aromatic heterocycles. The number of carbonyl (C=O) groups is 1. The molecule has 1 aliphatic rings. The number of rotatable bonds is 7. The van der Waals surface area contributed by atoms with E-state index in [4.69, 9.17) is 0 Å². The fraction of sp³-hybridized carbons (Fsp3) is 0.480. The third-order valence-corrected chi connectivity index (χ3v) is 6.13. The molecule has 0 saturated heterocycles. The first-order valence-corrected chi connectivity index (χ1v) is 10.5. The Labute approximate surface area is 163 Å². The molecule has 2 aromatic rings. The predicted molar refractivity (Wildman–Crippen MR) is 111 cm³/mol. The maximum atomic E-state index is 14.8. The van der Waals surface area contributed by atoms with Crippen molar-refractivity contribution in [3.05, 3.63) is 59.4 Å². The van der Waals surface area contributed by atoms with Gasteiger partial charge in [-0.25, -0.2) is 4.39 Å². The van der Waals surface area contributed by atoms with E-state index in [2.05, 4.69) is 6.92 Å². The van der Waals surface area contributed by atoms with Crippen LogP contribution < -0.4 is 0 Å². The van der Waals surface area contributed by atoms with Crippen LogP contribution in [0.15, 0.2) is 42.5 Å². The van der Waals surface area contributed by atoms with E-state index in [1.165, 1.54) is 38.5 Å². The summed E-state index contributed by atoms with van der Waals surface area (Å²) in [5.74, 6) is 1.17. The van der Waals surface area contributed by atoms with E-state index < -0.39 is 0 Å². The molecule has 0 heterocycles. The van der Waals surface area contributed by atoms with Gasteiger partial charge in [-0.05, 0) is 67.2 Å². The highest BCUT2D eigenvalue weighted by Crippen LogP contribution is 2.39. The first-order chi connectivity index (χ1) is 13.1. The number of hydrogen-bond donors (Lipinski definition) is 0. The van der Waals surface area contributed by atoms with Crippen molar-refractivity contribution in [1.82, 2.24) is 0 Å². The number of benzene rings is 2. The third-order valence-electron chi connectivity index (χ3n) is 6.13. The Hall–Kier alpha value is -1.96. The smallest absolute Gasteiger partial charge is 0.159 e. The Balaban J connectivity index is 1.64. The first kappa shape index (κ1) is 19.8. The zero-order valence-corrected chi connectivity index (χ0v) is 16.6. The van der Waals surface area contributed by atoms with Crippen LogP contribution in [-0.2, 0) is 0 Å². The van der Waals surface area contributed by atoms with Gasteiger partial charge in [0.05, 0.1) is 0 Å². The molecule has 0 bridgehead atoms. The molecule has 0 N–H and O–H groups in total. The van der Waals surface area contributed by atoms with Crippen LogP contribution in [0.2, 0.25) is 0 Å². The summed E-state index contributed by atoms with van der Waals surface area (Å²) < 4.78 is 14.8. The second-order valence-electron chi connectivity index (χ2n) is 8.08. The average molecular weight is 367 g/mol.